The summed E-state index contributed by atoms with van der Waals surface area (Å²) in [6.07, 6.45) is 8.04. The van der Waals surface area contributed by atoms with Gasteiger partial charge >= 0.3 is 0 Å². The first-order valence-corrected chi connectivity index (χ1v) is 14.0. The van der Waals surface area contributed by atoms with E-state index in [1.54, 1.807) is 44.2 Å². The van der Waals surface area contributed by atoms with Crippen LogP contribution in [-0.2, 0) is 25.0 Å². The normalized spacial score (nSPS) is 15.7. The molecule has 0 unspecified atom stereocenters. The Kier molecular flexibility index (Phi) is 7.39. The lowest BCUT2D eigenvalue weighted by Gasteiger charge is -2.11. The summed E-state index contributed by atoms with van der Waals surface area (Å²) in [7, 11) is -8.70. The van der Waals surface area contributed by atoms with Gasteiger partial charge < -0.3 is 5.11 Å². The van der Waals surface area contributed by atoms with Crippen LogP contribution < -0.4 is 5.01 Å². The minimum atomic E-state index is -4.36. The highest BCUT2D eigenvalue weighted by molar-refractivity contribution is 7.86. The summed E-state index contributed by atoms with van der Waals surface area (Å²) in [4.78, 5) is 12.2. The number of hydrazone groups is 1. The monoisotopic (exact) mass is 570 g/mol. The van der Waals surface area contributed by atoms with Crippen LogP contribution in [0.25, 0.3) is 11.8 Å². The zero-order valence-corrected chi connectivity index (χ0v) is 22.1. The topological polar surface area (TPSA) is 179 Å². The number of hydrogen-bond donors (Lipinski definition) is 3. The van der Waals surface area contributed by atoms with E-state index in [-0.39, 0.29) is 15.7 Å². The fraction of sp³-hybridized carbons (Fsp3) is 0.0800. The molecule has 1 aliphatic heterocycles. The van der Waals surface area contributed by atoms with Crippen molar-refractivity contribution in [3.8, 4) is 11.6 Å². The molecule has 0 radical (unpaired) electrons. The first-order valence-electron chi connectivity index (χ1n) is 11.2. The van der Waals surface area contributed by atoms with Gasteiger partial charge in [-0.25, -0.2) is 4.68 Å². The Labute approximate surface area is 224 Å². The molecule has 0 saturated heterocycles. The first-order chi connectivity index (χ1) is 18.3. The average molecular weight is 571 g/mol. The van der Waals surface area contributed by atoms with Crippen molar-refractivity contribution in [1.29, 1.82) is 0 Å². The van der Waals surface area contributed by atoms with Gasteiger partial charge in [-0.1, -0.05) is 18.2 Å². The van der Waals surface area contributed by atoms with Crippen LogP contribution in [0.15, 0.2) is 93.3 Å². The van der Waals surface area contributed by atoms with Crippen LogP contribution in [-0.4, -0.2) is 52.4 Å². The van der Waals surface area contributed by atoms with E-state index in [0.717, 1.165) is 5.01 Å². The minimum Gasteiger partial charge on any atom is -0.493 e. The van der Waals surface area contributed by atoms with Gasteiger partial charge in [-0.15, -0.1) is 0 Å². The molecule has 1 amide bonds. The summed E-state index contributed by atoms with van der Waals surface area (Å²) in [6, 6.07) is 10.2. The van der Waals surface area contributed by atoms with Gasteiger partial charge in [-0.2, -0.15) is 32.0 Å². The maximum absolute atomic E-state index is 12.8. The summed E-state index contributed by atoms with van der Waals surface area (Å²) in [6.45, 7) is 3.33. The van der Waals surface area contributed by atoms with Crippen LogP contribution in [0.1, 0.15) is 18.2 Å². The van der Waals surface area contributed by atoms with Crippen molar-refractivity contribution in [2.45, 2.75) is 23.6 Å². The number of carbonyl (C=O) groups is 1. The number of allylic oxidation sites excluding steroid dienone is 4. The number of aromatic nitrogens is 2. The summed E-state index contributed by atoms with van der Waals surface area (Å²) in [5.74, 6) is -0.602. The lowest BCUT2D eigenvalue weighted by molar-refractivity contribution is -0.114. The third kappa shape index (κ3) is 5.88. The Balaban J connectivity index is 1.48. The molecule has 0 atom stereocenters. The first kappa shape index (κ1) is 27.7. The number of hydrogen-bond acceptors (Lipinski definition) is 8. The molecule has 39 heavy (non-hydrogen) atoms. The van der Waals surface area contributed by atoms with Gasteiger partial charge in [0.2, 0.25) is 5.88 Å². The van der Waals surface area contributed by atoms with Crippen molar-refractivity contribution < 1.29 is 35.8 Å². The molecule has 14 heteroatoms. The number of rotatable bonds is 7. The van der Waals surface area contributed by atoms with E-state index in [2.05, 4.69) is 10.2 Å². The number of carbonyl (C=O) groups excluding carboxylic acids is 1. The molecule has 2 aromatic carbocycles. The number of aryl methyl sites for hydroxylation is 1. The molecule has 0 fully saturated rings. The molecule has 12 nitrogen and oxygen atoms in total. The van der Waals surface area contributed by atoms with Gasteiger partial charge in [-0.05, 0) is 74.5 Å². The third-order valence-electron chi connectivity index (χ3n) is 5.65. The Morgan fingerprint density at radius 3 is 1.87 bits per heavy atom. The number of benzene rings is 2. The van der Waals surface area contributed by atoms with E-state index >= 15 is 0 Å². The van der Waals surface area contributed by atoms with Gasteiger partial charge in [-0.3, -0.25) is 13.9 Å². The summed E-state index contributed by atoms with van der Waals surface area (Å²) in [5.41, 5.74) is 2.39. The van der Waals surface area contributed by atoms with Crippen LogP contribution >= 0.6 is 0 Å². The molecule has 2 heterocycles. The Bertz CT molecular complexity index is 1780. The van der Waals surface area contributed by atoms with E-state index in [4.69, 9.17) is 9.11 Å². The van der Waals surface area contributed by atoms with Gasteiger partial charge in [0.1, 0.15) is 0 Å². The largest absolute Gasteiger partial charge is 0.493 e. The van der Waals surface area contributed by atoms with Crippen molar-refractivity contribution in [2.24, 2.45) is 5.10 Å². The Hall–Kier alpha value is -4.37. The zero-order chi connectivity index (χ0) is 28.5. The molecule has 3 aromatic rings. The van der Waals surface area contributed by atoms with Crippen molar-refractivity contribution >= 4 is 43.6 Å². The van der Waals surface area contributed by atoms with E-state index in [9.17, 15) is 26.7 Å². The zero-order valence-electron chi connectivity index (χ0n) is 20.5. The van der Waals surface area contributed by atoms with Crippen molar-refractivity contribution in [2.75, 3.05) is 5.01 Å². The van der Waals surface area contributed by atoms with Crippen LogP contribution in [0.4, 0.5) is 5.69 Å². The maximum Gasteiger partial charge on any atom is 0.294 e. The quantitative estimate of drug-likeness (QED) is 0.218. The molecule has 0 bridgehead atoms. The smallest absolute Gasteiger partial charge is 0.294 e. The molecule has 0 spiro atoms. The highest BCUT2D eigenvalue weighted by Crippen LogP contribution is 2.27. The Morgan fingerprint density at radius 1 is 0.795 bits per heavy atom. The summed E-state index contributed by atoms with van der Waals surface area (Å²) < 4.78 is 64.4. The molecule has 202 valence electrons. The summed E-state index contributed by atoms with van der Waals surface area (Å²) in [5, 5.41) is 20.2. The van der Waals surface area contributed by atoms with E-state index in [1.165, 1.54) is 53.2 Å². The molecule has 0 aliphatic carbocycles. The SMILES string of the molecule is CC1=NN(c2ccc(S(=O)(=O)O)cc2)C(=O)C1=CC=CC=Cc1c(C)nn(-c2ccc(S(=O)(=O)O)cc2)c1O. The van der Waals surface area contributed by atoms with E-state index in [1.807, 2.05) is 0 Å². The fourth-order valence-corrected chi connectivity index (χ4v) is 4.63. The van der Waals surface area contributed by atoms with Gasteiger partial charge in [0.05, 0.1) is 43.7 Å². The van der Waals surface area contributed by atoms with Gasteiger partial charge in [0, 0.05) is 0 Å². The Morgan fingerprint density at radius 2 is 1.33 bits per heavy atom. The maximum atomic E-state index is 12.8. The average Bonchev–Trinajstić information content (AvgIpc) is 3.32. The van der Waals surface area contributed by atoms with Crippen molar-refractivity contribution in [1.82, 2.24) is 9.78 Å². The second kappa shape index (κ2) is 10.4. The summed E-state index contributed by atoms with van der Waals surface area (Å²) >= 11 is 0. The van der Waals surface area contributed by atoms with Crippen LogP contribution in [0.3, 0.4) is 0 Å². The highest BCUT2D eigenvalue weighted by atomic mass is 32.2. The molecule has 1 aliphatic rings. The molecule has 4 rings (SSSR count). The standard InChI is InChI=1S/C25H22N4O8S2/c1-16-22(24(30)28(26-16)18-8-12-20(13-9-18)38(32,33)34)6-4-3-5-7-23-17(2)27-29(25(23)31)19-10-14-21(15-11-19)39(35,36)37/h3-15,30H,1-2H3,(H,32,33,34)(H,35,36,37). The highest BCUT2D eigenvalue weighted by Gasteiger charge is 2.28. The van der Waals surface area contributed by atoms with Crippen LogP contribution in [0, 0.1) is 6.92 Å². The number of anilines is 1. The van der Waals surface area contributed by atoms with E-state index < -0.39 is 26.1 Å². The molecular weight excluding hydrogens is 548 g/mol. The lowest BCUT2D eigenvalue weighted by Crippen LogP contribution is -2.21. The van der Waals surface area contributed by atoms with Gasteiger partial charge in [0.15, 0.2) is 0 Å². The van der Waals surface area contributed by atoms with Crippen LogP contribution in [0.5, 0.6) is 5.88 Å². The second-order valence-electron chi connectivity index (χ2n) is 8.30. The van der Waals surface area contributed by atoms with Crippen LogP contribution in [0.2, 0.25) is 0 Å². The predicted molar refractivity (Wildman–Crippen MR) is 143 cm³/mol. The number of amides is 1. The number of aromatic hydroxyl groups is 1. The molecule has 1 aromatic heterocycles. The predicted octanol–water partition coefficient (Wildman–Crippen LogP) is 3.30. The molecular formula is C25H22N4O8S2. The minimum absolute atomic E-state index is 0.181. The number of nitrogens with zero attached hydrogens (tertiary/aromatic N) is 4. The van der Waals surface area contributed by atoms with Crippen molar-refractivity contribution in [3.05, 3.63) is 89.7 Å². The third-order valence-corrected chi connectivity index (χ3v) is 7.39. The molecule has 3 N–H and O–H groups in total. The fourth-order valence-electron chi connectivity index (χ4n) is 3.67. The lowest BCUT2D eigenvalue weighted by atomic mass is 10.1. The van der Waals surface area contributed by atoms with E-state index in [0.29, 0.717) is 33.9 Å². The van der Waals surface area contributed by atoms with Crippen molar-refractivity contribution in [3.63, 3.8) is 0 Å². The molecule has 0 saturated carbocycles. The van der Waals surface area contributed by atoms with Gasteiger partial charge in [0.25, 0.3) is 26.1 Å². The second-order valence-corrected chi connectivity index (χ2v) is 11.1.